The summed E-state index contributed by atoms with van der Waals surface area (Å²) in [4.78, 5) is 13.0. The number of para-hydroxylation sites is 1. The van der Waals surface area contributed by atoms with Crippen LogP contribution in [0.2, 0.25) is 0 Å². The van der Waals surface area contributed by atoms with Crippen molar-refractivity contribution >= 4 is 5.97 Å². The number of rotatable bonds is 10. The molecule has 0 saturated heterocycles. The van der Waals surface area contributed by atoms with Gasteiger partial charge in [-0.2, -0.15) is 0 Å². The van der Waals surface area contributed by atoms with Crippen molar-refractivity contribution in [1.29, 1.82) is 0 Å². The van der Waals surface area contributed by atoms with Crippen molar-refractivity contribution in [2.24, 2.45) is 0 Å². The van der Waals surface area contributed by atoms with Crippen LogP contribution in [-0.2, 0) is 4.74 Å². The Morgan fingerprint density at radius 3 is 2.55 bits per heavy atom. The number of aliphatic hydroxyl groups excluding tert-OH is 1. The van der Waals surface area contributed by atoms with Gasteiger partial charge in [-0.1, -0.05) is 12.1 Å². The lowest BCUT2D eigenvalue weighted by Gasteiger charge is -2.21. The van der Waals surface area contributed by atoms with E-state index in [9.17, 15) is 4.79 Å². The van der Waals surface area contributed by atoms with Gasteiger partial charge < -0.3 is 19.7 Å². The molecule has 1 aromatic rings. The summed E-state index contributed by atoms with van der Waals surface area (Å²) >= 11 is 0. The third-order valence-corrected chi connectivity index (χ3v) is 2.81. The molecule has 0 unspecified atom stereocenters. The molecule has 112 valence electrons. The highest BCUT2D eigenvalue weighted by molar-refractivity contribution is 5.90. The Morgan fingerprint density at radius 2 is 1.90 bits per heavy atom. The van der Waals surface area contributed by atoms with E-state index in [-0.39, 0.29) is 12.2 Å². The SMILES string of the molecule is COCCN(CCO)CCOc1ccccc1C(=O)O. The van der Waals surface area contributed by atoms with Crippen molar-refractivity contribution in [2.45, 2.75) is 0 Å². The van der Waals surface area contributed by atoms with Gasteiger partial charge in [0.2, 0.25) is 0 Å². The van der Waals surface area contributed by atoms with Gasteiger partial charge in [0, 0.05) is 26.7 Å². The van der Waals surface area contributed by atoms with Gasteiger partial charge in [-0.15, -0.1) is 0 Å². The first-order chi connectivity index (χ1) is 9.69. The van der Waals surface area contributed by atoms with Crippen LogP contribution < -0.4 is 4.74 Å². The molecule has 6 heteroatoms. The van der Waals surface area contributed by atoms with Crippen LogP contribution in [-0.4, -0.2) is 67.6 Å². The number of carbonyl (C=O) groups is 1. The van der Waals surface area contributed by atoms with Crippen molar-refractivity contribution in [3.63, 3.8) is 0 Å². The molecule has 20 heavy (non-hydrogen) atoms. The quantitative estimate of drug-likeness (QED) is 0.658. The van der Waals surface area contributed by atoms with Crippen molar-refractivity contribution in [2.75, 3.05) is 46.6 Å². The number of carboxylic acids is 1. The van der Waals surface area contributed by atoms with E-state index in [1.54, 1.807) is 25.3 Å². The molecule has 0 aliphatic rings. The minimum atomic E-state index is -1.01. The summed E-state index contributed by atoms with van der Waals surface area (Å²) < 4.78 is 10.5. The number of hydrogen-bond donors (Lipinski definition) is 2. The average molecular weight is 283 g/mol. The standard InChI is InChI=1S/C14H21NO5/c1-19-10-7-15(6-9-16)8-11-20-13-5-3-2-4-12(13)14(17)18/h2-5,16H,6-11H2,1H3,(H,17,18). The van der Waals surface area contributed by atoms with E-state index in [4.69, 9.17) is 19.7 Å². The number of aromatic carboxylic acids is 1. The maximum Gasteiger partial charge on any atom is 0.339 e. The Balaban J connectivity index is 2.47. The van der Waals surface area contributed by atoms with Gasteiger partial charge in [0.1, 0.15) is 17.9 Å². The number of ether oxygens (including phenoxy) is 2. The molecule has 0 aromatic heterocycles. The van der Waals surface area contributed by atoms with Gasteiger partial charge in [-0.25, -0.2) is 4.79 Å². The van der Waals surface area contributed by atoms with Crippen molar-refractivity contribution in [3.05, 3.63) is 29.8 Å². The fourth-order valence-corrected chi connectivity index (χ4v) is 1.75. The normalized spacial score (nSPS) is 10.8. The monoisotopic (exact) mass is 283 g/mol. The summed E-state index contributed by atoms with van der Waals surface area (Å²) in [5, 5.41) is 18.0. The number of benzene rings is 1. The van der Waals surface area contributed by atoms with Crippen molar-refractivity contribution < 1.29 is 24.5 Å². The number of aliphatic hydroxyl groups is 1. The molecule has 0 atom stereocenters. The van der Waals surface area contributed by atoms with Gasteiger partial charge in [0.25, 0.3) is 0 Å². The first-order valence-electron chi connectivity index (χ1n) is 6.46. The van der Waals surface area contributed by atoms with E-state index in [1.807, 2.05) is 4.90 Å². The number of methoxy groups -OCH3 is 1. The predicted octanol–water partition coefficient (Wildman–Crippen LogP) is 0.704. The Hall–Kier alpha value is -1.63. The molecule has 2 N–H and O–H groups in total. The summed E-state index contributed by atoms with van der Waals surface area (Å²) in [6, 6.07) is 6.54. The molecule has 0 bridgehead atoms. The predicted molar refractivity (Wildman–Crippen MR) is 74.3 cm³/mol. The number of carboxylic acid groups (broad SMARTS) is 1. The smallest absolute Gasteiger partial charge is 0.339 e. The maximum atomic E-state index is 11.0. The third kappa shape index (κ3) is 5.56. The van der Waals surface area contributed by atoms with Gasteiger partial charge in [0.15, 0.2) is 0 Å². The first kappa shape index (κ1) is 16.4. The summed E-state index contributed by atoms with van der Waals surface area (Å²) in [6.07, 6.45) is 0. The summed E-state index contributed by atoms with van der Waals surface area (Å²) in [5.41, 5.74) is 0.151. The van der Waals surface area contributed by atoms with Crippen molar-refractivity contribution in [1.82, 2.24) is 4.90 Å². The molecule has 1 aromatic carbocycles. The zero-order valence-corrected chi connectivity index (χ0v) is 11.6. The second kappa shape index (κ2) is 9.30. The van der Waals surface area contributed by atoms with E-state index in [1.165, 1.54) is 6.07 Å². The zero-order chi connectivity index (χ0) is 14.8. The van der Waals surface area contributed by atoms with Crippen LogP contribution in [0.3, 0.4) is 0 Å². The first-order valence-corrected chi connectivity index (χ1v) is 6.46. The molecular weight excluding hydrogens is 262 g/mol. The van der Waals surface area contributed by atoms with E-state index < -0.39 is 5.97 Å². The largest absolute Gasteiger partial charge is 0.491 e. The topological polar surface area (TPSA) is 79.2 Å². The lowest BCUT2D eigenvalue weighted by molar-refractivity contribution is 0.0691. The van der Waals surface area contributed by atoms with Gasteiger partial charge in [-0.3, -0.25) is 4.90 Å². The molecule has 1 rings (SSSR count). The van der Waals surface area contributed by atoms with Gasteiger partial charge >= 0.3 is 5.97 Å². The van der Waals surface area contributed by atoms with Crippen LogP contribution in [0.4, 0.5) is 0 Å². The Bertz CT molecular complexity index is 410. The second-order valence-corrected chi connectivity index (χ2v) is 4.21. The molecule has 0 fully saturated rings. The molecule has 0 aliphatic heterocycles. The Labute approximate surface area is 118 Å². The van der Waals surface area contributed by atoms with Crippen LogP contribution in [0, 0.1) is 0 Å². The fourth-order valence-electron chi connectivity index (χ4n) is 1.75. The summed E-state index contributed by atoms with van der Waals surface area (Å²) in [6.45, 7) is 2.82. The number of nitrogens with zero attached hydrogens (tertiary/aromatic N) is 1. The third-order valence-electron chi connectivity index (χ3n) is 2.81. The van der Waals surface area contributed by atoms with E-state index in [2.05, 4.69) is 0 Å². The molecule has 0 aliphatic carbocycles. The van der Waals surface area contributed by atoms with E-state index >= 15 is 0 Å². The molecule has 0 heterocycles. The number of hydrogen-bond acceptors (Lipinski definition) is 5. The van der Waals surface area contributed by atoms with E-state index in [0.717, 1.165) is 0 Å². The summed E-state index contributed by atoms with van der Waals surface area (Å²) in [5.74, 6) is -0.650. The molecular formula is C14H21NO5. The lowest BCUT2D eigenvalue weighted by Crippen LogP contribution is -2.34. The van der Waals surface area contributed by atoms with Gasteiger partial charge in [0.05, 0.1) is 13.2 Å². The highest BCUT2D eigenvalue weighted by atomic mass is 16.5. The minimum absolute atomic E-state index is 0.0649. The fraction of sp³-hybridized carbons (Fsp3) is 0.500. The average Bonchev–Trinajstić information content (AvgIpc) is 2.45. The van der Waals surface area contributed by atoms with Crippen LogP contribution in [0.15, 0.2) is 24.3 Å². The molecule has 6 nitrogen and oxygen atoms in total. The van der Waals surface area contributed by atoms with Gasteiger partial charge in [-0.05, 0) is 12.1 Å². The minimum Gasteiger partial charge on any atom is -0.491 e. The molecule has 0 radical (unpaired) electrons. The molecule has 0 spiro atoms. The maximum absolute atomic E-state index is 11.0. The van der Waals surface area contributed by atoms with Crippen LogP contribution in [0.1, 0.15) is 10.4 Å². The van der Waals surface area contributed by atoms with Crippen LogP contribution in [0.25, 0.3) is 0 Å². The summed E-state index contributed by atoms with van der Waals surface area (Å²) in [7, 11) is 1.62. The van der Waals surface area contributed by atoms with Crippen molar-refractivity contribution in [3.8, 4) is 5.75 Å². The molecule has 0 amide bonds. The molecule has 0 saturated carbocycles. The lowest BCUT2D eigenvalue weighted by atomic mass is 10.2. The zero-order valence-electron chi connectivity index (χ0n) is 11.6. The van der Waals surface area contributed by atoms with Crippen LogP contribution >= 0.6 is 0 Å². The highest BCUT2D eigenvalue weighted by Crippen LogP contribution is 2.17. The Morgan fingerprint density at radius 1 is 1.20 bits per heavy atom. The van der Waals surface area contributed by atoms with E-state index in [0.29, 0.717) is 38.6 Å². The Kier molecular flexibility index (Phi) is 7.64. The highest BCUT2D eigenvalue weighted by Gasteiger charge is 2.10. The second-order valence-electron chi connectivity index (χ2n) is 4.21. The van der Waals surface area contributed by atoms with Crippen LogP contribution in [0.5, 0.6) is 5.75 Å².